The zero-order chi connectivity index (χ0) is 22.6. The molecule has 164 valence electrons. The Bertz CT molecular complexity index is 942. The summed E-state index contributed by atoms with van der Waals surface area (Å²) >= 11 is 0. The van der Waals surface area contributed by atoms with E-state index >= 15 is 0 Å². The summed E-state index contributed by atoms with van der Waals surface area (Å²) in [6.07, 6.45) is -0.763. The van der Waals surface area contributed by atoms with Gasteiger partial charge in [-0.15, -0.1) is 0 Å². The third kappa shape index (κ3) is 4.86. The Kier molecular flexibility index (Phi) is 6.60. The molecule has 0 radical (unpaired) electrons. The quantitative estimate of drug-likeness (QED) is 0.598. The number of ether oxygens (including phenoxy) is 2. The van der Waals surface area contributed by atoms with Crippen molar-refractivity contribution in [3.05, 3.63) is 59.7 Å². The Morgan fingerprint density at radius 3 is 2.10 bits per heavy atom. The summed E-state index contributed by atoms with van der Waals surface area (Å²) in [6, 6.07) is 14.7. The molecule has 2 amide bonds. The Balaban J connectivity index is 1.63. The first-order valence-corrected chi connectivity index (χ1v) is 9.90. The second-order valence-corrected chi connectivity index (χ2v) is 7.90. The molecule has 1 aliphatic rings. The number of carboxylic acid groups (broad SMARTS) is 1. The molecule has 3 rings (SSSR count). The van der Waals surface area contributed by atoms with Crippen LogP contribution in [-0.2, 0) is 19.1 Å². The van der Waals surface area contributed by atoms with Crippen molar-refractivity contribution in [2.24, 2.45) is 0 Å². The van der Waals surface area contributed by atoms with Crippen LogP contribution in [0.15, 0.2) is 48.5 Å². The number of benzene rings is 2. The van der Waals surface area contributed by atoms with E-state index in [0.717, 1.165) is 22.3 Å². The van der Waals surface area contributed by atoms with Crippen LogP contribution in [0.5, 0.6) is 0 Å². The highest BCUT2D eigenvalue weighted by molar-refractivity contribution is 5.92. The number of hydrogen-bond donors (Lipinski definition) is 3. The number of carboxylic acids is 1. The normalized spacial score (nSPS) is 13.6. The second-order valence-electron chi connectivity index (χ2n) is 7.90. The Hall–Kier alpha value is -3.39. The SMILES string of the molecule is COCC(NC(=O)C(C)(C)NC(=O)OCC1c2ccccc2-c2ccccc21)C(=O)O. The molecule has 1 atom stereocenters. The van der Waals surface area contributed by atoms with E-state index in [0.29, 0.717) is 0 Å². The number of carbonyl (C=O) groups excluding carboxylic acids is 2. The summed E-state index contributed by atoms with van der Waals surface area (Å²) in [5, 5.41) is 14.0. The fourth-order valence-corrected chi connectivity index (χ4v) is 3.63. The van der Waals surface area contributed by atoms with Gasteiger partial charge in [0.25, 0.3) is 0 Å². The van der Waals surface area contributed by atoms with E-state index in [1.807, 2.05) is 48.5 Å². The minimum Gasteiger partial charge on any atom is -0.480 e. The molecule has 0 heterocycles. The number of carbonyl (C=O) groups is 3. The predicted octanol–water partition coefficient (Wildman–Crippen LogP) is 2.52. The maximum atomic E-state index is 12.5. The fourth-order valence-electron chi connectivity index (χ4n) is 3.63. The topological polar surface area (TPSA) is 114 Å². The smallest absolute Gasteiger partial charge is 0.408 e. The van der Waals surface area contributed by atoms with Crippen molar-refractivity contribution in [2.45, 2.75) is 31.3 Å². The van der Waals surface area contributed by atoms with Gasteiger partial charge in [-0.05, 0) is 36.1 Å². The van der Waals surface area contributed by atoms with E-state index in [9.17, 15) is 14.4 Å². The zero-order valence-corrected chi connectivity index (χ0v) is 17.7. The van der Waals surface area contributed by atoms with Gasteiger partial charge < -0.3 is 25.2 Å². The molecular formula is C23H26N2O6. The standard InChI is InChI=1S/C23H26N2O6/c1-23(2,21(28)24-19(13-30-3)20(26)27)25-22(29)31-12-18-16-10-6-4-8-14(16)15-9-5-7-11-17(15)18/h4-11,18-19H,12-13H2,1-3H3,(H,24,28)(H,25,29)(H,26,27). The number of methoxy groups -OCH3 is 1. The summed E-state index contributed by atoms with van der Waals surface area (Å²) in [7, 11) is 1.34. The molecule has 3 N–H and O–H groups in total. The highest BCUT2D eigenvalue weighted by Gasteiger charge is 2.34. The Morgan fingerprint density at radius 2 is 1.58 bits per heavy atom. The van der Waals surface area contributed by atoms with Crippen LogP contribution in [-0.4, -0.2) is 55.0 Å². The molecule has 0 spiro atoms. The van der Waals surface area contributed by atoms with Gasteiger partial charge in [-0.2, -0.15) is 0 Å². The van der Waals surface area contributed by atoms with Crippen LogP contribution < -0.4 is 10.6 Å². The van der Waals surface area contributed by atoms with Gasteiger partial charge in [0.1, 0.15) is 12.1 Å². The zero-order valence-electron chi connectivity index (χ0n) is 17.7. The molecule has 1 aliphatic carbocycles. The largest absolute Gasteiger partial charge is 0.480 e. The van der Waals surface area contributed by atoms with Gasteiger partial charge in [0.2, 0.25) is 5.91 Å². The van der Waals surface area contributed by atoms with E-state index in [4.69, 9.17) is 14.6 Å². The molecule has 31 heavy (non-hydrogen) atoms. The van der Waals surface area contributed by atoms with Crippen LogP contribution in [0.3, 0.4) is 0 Å². The molecule has 0 aromatic heterocycles. The first-order chi connectivity index (χ1) is 14.7. The van der Waals surface area contributed by atoms with Crippen LogP contribution in [0.2, 0.25) is 0 Å². The molecule has 8 heteroatoms. The first-order valence-electron chi connectivity index (χ1n) is 9.90. The number of hydrogen-bond acceptors (Lipinski definition) is 5. The van der Waals surface area contributed by atoms with Gasteiger partial charge in [0.15, 0.2) is 6.04 Å². The number of fused-ring (bicyclic) bond motifs is 3. The van der Waals surface area contributed by atoms with Crippen LogP contribution in [0.4, 0.5) is 4.79 Å². The average molecular weight is 426 g/mol. The van der Waals surface area contributed by atoms with Gasteiger partial charge in [0, 0.05) is 13.0 Å². The van der Waals surface area contributed by atoms with Crippen molar-refractivity contribution < 1.29 is 29.0 Å². The van der Waals surface area contributed by atoms with E-state index in [-0.39, 0.29) is 19.1 Å². The van der Waals surface area contributed by atoms with Crippen molar-refractivity contribution in [1.29, 1.82) is 0 Å². The summed E-state index contributed by atoms with van der Waals surface area (Å²) in [5.74, 6) is -1.99. The average Bonchev–Trinajstić information content (AvgIpc) is 3.05. The molecule has 2 aromatic carbocycles. The monoisotopic (exact) mass is 426 g/mol. The minimum atomic E-state index is -1.38. The molecule has 0 bridgehead atoms. The molecular weight excluding hydrogens is 400 g/mol. The number of aliphatic carboxylic acids is 1. The lowest BCUT2D eigenvalue weighted by molar-refractivity contribution is -0.144. The first kappa shape index (κ1) is 22.3. The molecule has 0 saturated carbocycles. The lowest BCUT2D eigenvalue weighted by Crippen LogP contribution is -2.58. The third-order valence-corrected chi connectivity index (χ3v) is 5.26. The fraction of sp³-hybridized carbons (Fsp3) is 0.348. The van der Waals surface area contributed by atoms with Crippen molar-refractivity contribution in [3.8, 4) is 11.1 Å². The third-order valence-electron chi connectivity index (χ3n) is 5.26. The summed E-state index contributed by atoms with van der Waals surface area (Å²) in [6.45, 7) is 2.85. The van der Waals surface area contributed by atoms with Crippen LogP contribution >= 0.6 is 0 Å². The van der Waals surface area contributed by atoms with Gasteiger partial charge in [-0.1, -0.05) is 48.5 Å². The molecule has 0 fully saturated rings. The maximum Gasteiger partial charge on any atom is 0.408 e. The lowest BCUT2D eigenvalue weighted by Gasteiger charge is -2.27. The molecule has 0 saturated heterocycles. The molecule has 8 nitrogen and oxygen atoms in total. The van der Waals surface area contributed by atoms with E-state index in [2.05, 4.69) is 10.6 Å². The predicted molar refractivity (Wildman–Crippen MR) is 114 cm³/mol. The summed E-state index contributed by atoms with van der Waals surface area (Å²) in [4.78, 5) is 36.1. The summed E-state index contributed by atoms with van der Waals surface area (Å²) in [5.41, 5.74) is 3.01. The maximum absolute atomic E-state index is 12.5. The van der Waals surface area contributed by atoms with Crippen molar-refractivity contribution in [3.63, 3.8) is 0 Å². The van der Waals surface area contributed by atoms with Gasteiger partial charge in [-0.25, -0.2) is 9.59 Å². The Morgan fingerprint density at radius 1 is 1.03 bits per heavy atom. The second kappa shape index (κ2) is 9.18. The lowest BCUT2D eigenvalue weighted by atomic mass is 9.98. The van der Waals surface area contributed by atoms with E-state index in [1.165, 1.54) is 21.0 Å². The van der Waals surface area contributed by atoms with E-state index < -0.39 is 29.6 Å². The highest BCUT2D eigenvalue weighted by atomic mass is 16.5. The number of alkyl carbamates (subject to hydrolysis) is 1. The van der Waals surface area contributed by atoms with Crippen LogP contribution in [0.1, 0.15) is 30.9 Å². The summed E-state index contributed by atoms with van der Waals surface area (Å²) < 4.78 is 10.3. The van der Waals surface area contributed by atoms with Crippen LogP contribution in [0.25, 0.3) is 11.1 Å². The van der Waals surface area contributed by atoms with Gasteiger partial charge in [-0.3, -0.25) is 4.79 Å². The Labute approximate surface area is 180 Å². The van der Waals surface area contributed by atoms with Gasteiger partial charge in [0.05, 0.1) is 6.61 Å². The minimum absolute atomic E-state index is 0.104. The van der Waals surface area contributed by atoms with E-state index in [1.54, 1.807) is 0 Å². The van der Waals surface area contributed by atoms with Crippen molar-refractivity contribution in [1.82, 2.24) is 10.6 Å². The molecule has 2 aromatic rings. The van der Waals surface area contributed by atoms with Crippen LogP contribution in [0, 0.1) is 0 Å². The highest BCUT2D eigenvalue weighted by Crippen LogP contribution is 2.44. The molecule has 1 unspecified atom stereocenters. The number of rotatable bonds is 8. The van der Waals surface area contributed by atoms with Crippen molar-refractivity contribution in [2.75, 3.05) is 20.3 Å². The number of amides is 2. The molecule has 0 aliphatic heterocycles. The number of nitrogens with one attached hydrogen (secondary N) is 2. The van der Waals surface area contributed by atoms with Crippen molar-refractivity contribution >= 4 is 18.0 Å². The van der Waals surface area contributed by atoms with Gasteiger partial charge >= 0.3 is 12.1 Å².